The van der Waals surface area contributed by atoms with Crippen LogP contribution in [0.5, 0.6) is 0 Å². The van der Waals surface area contributed by atoms with E-state index in [4.69, 9.17) is 17.4 Å². The van der Waals surface area contributed by atoms with Crippen molar-refractivity contribution in [1.82, 2.24) is 5.01 Å². The van der Waals surface area contributed by atoms with E-state index in [-0.39, 0.29) is 0 Å². The van der Waals surface area contributed by atoms with Crippen molar-refractivity contribution in [3.05, 3.63) is 22.4 Å². The van der Waals surface area contributed by atoms with Crippen molar-refractivity contribution in [1.29, 1.82) is 0 Å². The number of aliphatic imine (C=N–C) groups is 1. The molecule has 0 radical (unpaired) electrons. The minimum absolute atomic E-state index is 0.758. The van der Waals surface area contributed by atoms with E-state index in [1.165, 1.54) is 11.3 Å². The topological polar surface area (TPSA) is 41.6 Å². The average Bonchev–Trinajstić information content (AvgIpc) is 2.26. The first-order chi connectivity index (χ1) is 7.75. The van der Waals surface area contributed by atoms with Gasteiger partial charge < -0.3 is 0 Å². The minimum atomic E-state index is 0.758. The highest BCUT2D eigenvalue weighted by Crippen LogP contribution is 2.24. The first kappa shape index (κ1) is 11.8. The first-order valence-corrected chi connectivity index (χ1v) is 6.24. The molecule has 2 aliphatic heterocycles. The second-order valence-corrected chi connectivity index (χ2v) is 4.76. The molecule has 0 aromatic carbocycles. The fourth-order valence-corrected chi connectivity index (χ4v) is 2.27. The normalized spacial score (nSPS) is 24.0. The Hall–Kier alpha value is -0.640. The molecule has 0 bridgehead atoms. The molecule has 2 N–H and O–H groups in total. The molecule has 16 heavy (non-hydrogen) atoms. The molecule has 0 atom stereocenters. The zero-order valence-electron chi connectivity index (χ0n) is 9.45. The monoisotopic (exact) mass is 239 g/mol. The average molecular weight is 240 g/mol. The lowest BCUT2D eigenvalue weighted by Gasteiger charge is -2.25. The molecular weight excluding hydrogens is 222 g/mol. The van der Waals surface area contributed by atoms with Gasteiger partial charge in [-0.05, 0) is 37.7 Å². The Morgan fingerprint density at radius 1 is 1.25 bits per heavy atom. The van der Waals surface area contributed by atoms with Crippen LogP contribution in [0.3, 0.4) is 0 Å². The number of hydrogen-bond acceptors (Lipinski definition) is 3. The van der Waals surface area contributed by atoms with E-state index in [1.54, 1.807) is 6.21 Å². The minimum Gasteiger partial charge on any atom is -0.269 e. The van der Waals surface area contributed by atoms with Gasteiger partial charge in [-0.3, -0.25) is 10.8 Å². The lowest BCUT2D eigenvalue weighted by atomic mass is 9.99. The van der Waals surface area contributed by atoms with E-state index in [9.17, 15) is 0 Å². The highest BCUT2D eigenvalue weighted by molar-refractivity contribution is 6.39. The van der Waals surface area contributed by atoms with Crippen LogP contribution in [-0.2, 0) is 0 Å². The van der Waals surface area contributed by atoms with Crippen LogP contribution in [0.2, 0.25) is 0 Å². The molecule has 2 aliphatic rings. The maximum atomic E-state index is 5.98. The summed E-state index contributed by atoms with van der Waals surface area (Å²) in [5.74, 6) is 5.75. The lowest BCUT2D eigenvalue weighted by molar-refractivity contribution is 0.263. The van der Waals surface area contributed by atoms with Crippen LogP contribution in [0.1, 0.15) is 32.1 Å². The van der Waals surface area contributed by atoms with E-state index < -0.39 is 0 Å². The summed E-state index contributed by atoms with van der Waals surface area (Å²) in [6, 6.07) is 0. The quantitative estimate of drug-likeness (QED) is 0.661. The molecule has 0 spiro atoms. The standard InChI is InChI=1S/C12H18ClN3/c13-11-3-1-2-4-12(15-9-11)10-5-7-16(14)8-6-10/h3,9H,1-2,4-8,14H2. The summed E-state index contributed by atoms with van der Waals surface area (Å²) >= 11 is 5.98. The van der Waals surface area contributed by atoms with Crippen LogP contribution in [0.25, 0.3) is 0 Å². The molecular formula is C12H18ClN3. The molecule has 4 heteroatoms. The SMILES string of the molecule is NN1CCC(=C2CCCC=C(Cl)C=N2)CC1. The Balaban J connectivity index is 2.12. The Morgan fingerprint density at radius 2 is 2.00 bits per heavy atom. The third-order valence-corrected chi connectivity index (χ3v) is 3.36. The number of allylic oxidation sites excluding steroid dienone is 3. The second-order valence-electron chi connectivity index (χ2n) is 4.33. The van der Waals surface area contributed by atoms with Gasteiger partial charge in [-0.25, -0.2) is 5.01 Å². The molecule has 0 aliphatic carbocycles. The zero-order valence-corrected chi connectivity index (χ0v) is 10.2. The summed E-state index contributed by atoms with van der Waals surface area (Å²) in [4.78, 5) is 4.51. The molecule has 1 fully saturated rings. The number of hydrogen-bond donors (Lipinski definition) is 1. The fraction of sp³-hybridized carbons (Fsp3) is 0.583. The second kappa shape index (κ2) is 5.62. The maximum absolute atomic E-state index is 5.98. The van der Waals surface area contributed by atoms with Gasteiger partial charge in [-0.2, -0.15) is 0 Å². The van der Waals surface area contributed by atoms with E-state index in [0.29, 0.717) is 0 Å². The van der Waals surface area contributed by atoms with Crippen LogP contribution < -0.4 is 5.84 Å². The van der Waals surface area contributed by atoms with Gasteiger partial charge in [0.25, 0.3) is 0 Å². The Kier molecular flexibility index (Phi) is 4.16. The maximum Gasteiger partial charge on any atom is 0.0549 e. The Morgan fingerprint density at radius 3 is 2.75 bits per heavy atom. The van der Waals surface area contributed by atoms with E-state index >= 15 is 0 Å². The largest absolute Gasteiger partial charge is 0.269 e. The number of nitrogens with two attached hydrogens (primary N) is 1. The highest BCUT2D eigenvalue weighted by Gasteiger charge is 2.14. The molecule has 2 rings (SSSR count). The number of halogens is 1. The molecule has 88 valence electrons. The smallest absolute Gasteiger partial charge is 0.0549 e. The fourth-order valence-electron chi connectivity index (χ4n) is 2.12. The van der Waals surface area contributed by atoms with Gasteiger partial charge in [0.15, 0.2) is 0 Å². The van der Waals surface area contributed by atoms with Gasteiger partial charge >= 0.3 is 0 Å². The third kappa shape index (κ3) is 3.17. The molecule has 3 nitrogen and oxygen atoms in total. The lowest BCUT2D eigenvalue weighted by Crippen LogP contribution is -2.36. The van der Waals surface area contributed by atoms with Gasteiger partial charge in [-0.1, -0.05) is 17.7 Å². The van der Waals surface area contributed by atoms with Crippen molar-refractivity contribution < 1.29 is 0 Å². The van der Waals surface area contributed by atoms with Crippen molar-refractivity contribution in [3.63, 3.8) is 0 Å². The molecule has 0 amide bonds. The van der Waals surface area contributed by atoms with E-state index in [0.717, 1.165) is 50.2 Å². The van der Waals surface area contributed by atoms with Gasteiger partial charge in [-0.15, -0.1) is 0 Å². The summed E-state index contributed by atoms with van der Waals surface area (Å²) in [6.45, 7) is 1.88. The highest BCUT2D eigenvalue weighted by atomic mass is 35.5. The molecule has 0 aromatic heterocycles. The van der Waals surface area contributed by atoms with E-state index in [1.807, 2.05) is 11.1 Å². The van der Waals surface area contributed by atoms with Crippen molar-refractivity contribution in [2.45, 2.75) is 32.1 Å². The number of rotatable bonds is 0. The van der Waals surface area contributed by atoms with Crippen molar-refractivity contribution in [3.8, 4) is 0 Å². The third-order valence-electron chi connectivity index (χ3n) is 3.11. The number of piperidine rings is 1. The molecule has 0 unspecified atom stereocenters. The predicted octanol–water partition coefficient (Wildman–Crippen LogP) is 2.59. The number of hydrazine groups is 1. The summed E-state index contributed by atoms with van der Waals surface area (Å²) in [6.07, 6.45) is 9.16. The van der Waals surface area contributed by atoms with Gasteiger partial charge in [0.05, 0.1) is 5.03 Å². The predicted molar refractivity (Wildman–Crippen MR) is 68.3 cm³/mol. The summed E-state index contributed by atoms with van der Waals surface area (Å²) in [5.41, 5.74) is 2.70. The van der Waals surface area contributed by atoms with Crippen LogP contribution in [0.4, 0.5) is 0 Å². The molecule has 0 saturated carbocycles. The summed E-state index contributed by atoms with van der Waals surface area (Å²) < 4.78 is 0. The van der Waals surface area contributed by atoms with E-state index in [2.05, 4.69) is 4.99 Å². The van der Waals surface area contributed by atoms with Crippen LogP contribution in [0, 0.1) is 0 Å². The van der Waals surface area contributed by atoms with Crippen molar-refractivity contribution >= 4 is 17.8 Å². The van der Waals surface area contributed by atoms with Crippen molar-refractivity contribution in [2.75, 3.05) is 13.1 Å². The number of nitrogens with zero attached hydrogens (tertiary/aromatic N) is 2. The zero-order chi connectivity index (χ0) is 11.4. The van der Waals surface area contributed by atoms with Crippen LogP contribution in [-0.4, -0.2) is 24.3 Å². The van der Waals surface area contributed by atoms with Gasteiger partial charge in [0, 0.05) is 25.0 Å². The van der Waals surface area contributed by atoms with Crippen LogP contribution >= 0.6 is 11.6 Å². The van der Waals surface area contributed by atoms with Gasteiger partial charge in [0.2, 0.25) is 0 Å². The molecule has 2 heterocycles. The molecule has 0 aromatic rings. The Bertz CT molecular complexity index is 334. The summed E-state index contributed by atoms with van der Waals surface area (Å²) in [5, 5.41) is 2.64. The molecule has 1 saturated heterocycles. The first-order valence-electron chi connectivity index (χ1n) is 5.86. The Labute approximate surface area is 102 Å². The van der Waals surface area contributed by atoms with Gasteiger partial charge in [0.1, 0.15) is 0 Å². The summed E-state index contributed by atoms with van der Waals surface area (Å²) in [7, 11) is 0. The van der Waals surface area contributed by atoms with Crippen LogP contribution in [0.15, 0.2) is 27.4 Å². The van der Waals surface area contributed by atoms with Crippen molar-refractivity contribution in [2.24, 2.45) is 10.8 Å².